The number of rotatable bonds is 4. The summed E-state index contributed by atoms with van der Waals surface area (Å²) in [4.78, 5) is 1.41. The average molecular weight is 235 g/mol. The molecule has 2 heteroatoms. The molecule has 88 valence electrons. The summed E-state index contributed by atoms with van der Waals surface area (Å²) >= 11 is 2.00. The molecular formula is C14H21NS. The fourth-order valence-electron chi connectivity index (χ4n) is 2.02. The largest absolute Gasteiger partial charge is 0.316 e. The van der Waals surface area contributed by atoms with Crippen molar-refractivity contribution in [3.8, 4) is 0 Å². The Morgan fingerprint density at radius 2 is 2.06 bits per heavy atom. The lowest BCUT2D eigenvalue weighted by atomic mass is 10.0. The molecule has 1 nitrogen and oxygen atoms in total. The molecule has 1 heterocycles. The van der Waals surface area contributed by atoms with Gasteiger partial charge < -0.3 is 5.32 Å². The molecule has 0 aromatic heterocycles. The minimum absolute atomic E-state index is 0.637. The molecule has 2 rings (SSSR count). The van der Waals surface area contributed by atoms with Crippen LogP contribution in [0.25, 0.3) is 0 Å². The van der Waals surface area contributed by atoms with Crippen LogP contribution in [-0.4, -0.2) is 18.8 Å². The van der Waals surface area contributed by atoms with Crippen LogP contribution in [0.1, 0.15) is 31.7 Å². The Balaban J connectivity index is 1.84. The van der Waals surface area contributed by atoms with Crippen LogP contribution in [0, 0.1) is 5.92 Å². The van der Waals surface area contributed by atoms with Crippen molar-refractivity contribution in [2.45, 2.75) is 31.1 Å². The number of benzene rings is 1. The van der Waals surface area contributed by atoms with E-state index in [9.17, 15) is 0 Å². The monoisotopic (exact) mass is 235 g/mol. The third-order valence-corrected chi connectivity index (χ3v) is 4.44. The van der Waals surface area contributed by atoms with Crippen LogP contribution in [0.3, 0.4) is 0 Å². The first-order valence-corrected chi connectivity index (χ1v) is 7.17. The average Bonchev–Trinajstić information content (AvgIpc) is 2.80. The number of nitrogens with one attached hydrogen (secondary N) is 1. The highest BCUT2D eigenvalue weighted by Crippen LogP contribution is 2.25. The summed E-state index contributed by atoms with van der Waals surface area (Å²) in [6.07, 6.45) is 1.34. The van der Waals surface area contributed by atoms with Crippen molar-refractivity contribution in [1.29, 1.82) is 0 Å². The minimum Gasteiger partial charge on any atom is -0.316 e. The zero-order chi connectivity index (χ0) is 11.4. The van der Waals surface area contributed by atoms with E-state index in [4.69, 9.17) is 0 Å². The van der Waals surface area contributed by atoms with Crippen molar-refractivity contribution in [1.82, 2.24) is 5.32 Å². The van der Waals surface area contributed by atoms with Gasteiger partial charge in [0, 0.05) is 10.6 Å². The van der Waals surface area contributed by atoms with Crippen molar-refractivity contribution in [3.63, 3.8) is 0 Å². The van der Waals surface area contributed by atoms with E-state index in [0.29, 0.717) is 5.92 Å². The second-order valence-corrected chi connectivity index (χ2v) is 5.99. The maximum absolute atomic E-state index is 3.42. The van der Waals surface area contributed by atoms with Gasteiger partial charge in [0.05, 0.1) is 0 Å². The number of hydrogen-bond donors (Lipinski definition) is 1. The van der Waals surface area contributed by atoms with E-state index < -0.39 is 0 Å². The molecule has 1 aromatic rings. The molecule has 1 fully saturated rings. The zero-order valence-corrected chi connectivity index (χ0v) is 11.0. The molecule has 1 aliphatic rings. The van der Waals surface area contributed by atoms with Gasteiger partial charge in [0.15, 0.2) is 0 Å². The highest BCUT2D eigenvalue weighted by Gasteiger charge is 2.14. The summed E-state index contributed by atoms with van der Waals surface area (Å²) in [6, 6.07) is 9.06. The van der Waals surface area contributed by atoms with Crippen LogP contribution < -0.4 is 5.32 Å². The third-order valence-electron chi connectivity index (χ3n) is 3.19. The topological polar surface area (TPSA) is 12.0 Å². The molecule has 0 spiro atoms. The second-order valence-electron chi connectivity index (χ2n) is 4.89. The summed E-state index contributed by atoms with van der Waals surface area (Å²) in [5.41, 5.74) is 1.44. The first-order valence-electron chi connectivity index (χ1n) is 6.19. The summed E-state index contributed by atoms with van der Waals surface area (Å²) in [7, 11) is 0. The van der Waals surface area contributed by atoms with E-state index in [0.717, 1.165) is 5.92 Å². The van der Waals surface area contributed by atoms with Crippen LogP contribution in [0.5, 0.6) is 0 Å². The van der Waals surface area contributed by atoms with Crippen molar-refractivity contribution < 1.29 is 0 Å². The predicted octanol–water partition coefficient (Wildman–Crippen LogP) is 3.51. The van der Waals surface area contributed by atoms with E-state index in [1.807, 2.05) is 11.8 Å². The van der Waals surface area contributed by atoms with Crippen LogP contribution in [0.15, 0.2) is 29.2 Å². The zero-order valence-electron chi connectivity index (χ0n) is 10.2. The predicted molar refractivity (Wildman–Crippen MR) is 72.2 cm³/mol. The fourth-order valence-corrected chi connectivity index (χ4v) is 3.06. The smallest absolute Gasteiger partial charge is 0.00722 e. The summed E-state index contributed by atoms with van der Waals surface area (Å²) in [5, 5.41) is 3.42. The molecule has 0 bridgehead atoms. The van der Waals surface area contributed by atoms with Gasteiger partial charge in [-0.25, -0.2) is 0 Å². The molecule has 1 atom stereocenters. The van der Waals surface area contributed by atoms with Gasteiger partial charge >= 0.3 is 0 Å². The Hall–Kier alpha value is -0.470. The van der Waals surface area contributed by atoms with Gasteiger partial charge in [-0.05, 0) is 49.0 Å². The van der Waals surface area contributed by atoms with E-state index >= 15 is 0 Å². The molecule has 16 heavy (non-hydrogen) atoms. The second kappa shape index (κ2) is 5.74. The number of thioether (sulfide) groups is 1. The van der Waals surface area contributed by atoms with Crippen LogP contribution in [0.4, 0.5) is 0 Å². The van der Waals surface area contributed by atoms with Crippen LogP contribution >= 0.6 is 11.8 Å². The maximum Gasteiger partial charge on any atom is 0.00722 e. The van der Waals surface area contributed by atoms with Gasteiger partial charge in [-0.1, -0.05) is 26.0 Å². The summed E-state index contributed by atoms with van der Waals surface area (Å²) < 4.78 is 0. The summed E-state index contributed by atoms with van der Waals surface area (Å²) in [6.45, 7) is 6.90. The molecule has 1 aliphatic heterocycles. The van der Waals surface area contributed by atoms with E-state index in [1.165, 1.54) is 35.7 Å². The first-order chi connectivity index (χ1) is 7.75. The van der Waals surface area contributed by atoms with Crippen molar-refractivity contribution in [2.24, 2.45) is 5.92 Å². The third kappa shape index (κ3) is 3.26. The quantitative estimate of drug-likeness (QED) is 0.802. The Bertz CT molecular complexity index is 312. The van der Waals surface area contributed by atoms with Gasteiger partial charge in [0.25, 0.3) is 0 Å². The van der Waals surface area contributed by atoms with Crippen LogP contribution in [0.2, 0.25) is 0 Å². The highest BCUT2D eigenvalue weighted by molar-refractivity contribution is 7.99. The minimum atomic E-state index is 0.637. The van der Waals surface area contributed by atoms with Crippen molar-refractivity contribution >= 4 is 11.8 Å². The normalized spacial score (nSPS) is 20.6. The van der Waals surface area contributed by atoms with Gasteiger partial charge in [0.1, 0.15) is 0 Å². The van der Waals surface area contributed by atoms with E-state index in [1.54, 1.807) is 0 Å². The van der Waals surface area contributed by atoms with Gasteiger partial charge in [-0.15, -0.1) is 11.8 Å². The molecule has 0 aliphatic carbocycles. The first kappa shape index (κ1) is 12.0. The molecule has 0 saturated carbocycles. The van der Waals surface area contributed by atoms with Gasteiger partial charge in [-0.2, -0.15) is 0 Å². The van der Waals surface area contributed by atoms with Gasteiger partial charge in [0.2, 0.25) is 0 Å². The maximum atomic E-state index is 3.42. The van der Waals surface area contributed by atoms with E-state index in [-0.39, 0.29) is 0 Å². The van der Waals surface area contributed by atoms with Crippen molar-refractivity contribution in [2.75, 3.05) is 18.8 Å². The molecular weight excluding hydrogens is 214 g/mol. The molecule has 1 unspecified atom stereocenters. The summed E-state index contributed by atoms with van der Waals surface area (Å²) in [5.74, 6) is 2.77. The molecule has 0 amide bonds. The molecule has 1 saturated heterocycles. The lowest BCUT2D eigenvalue weighted by molar-refractivity contribution is 0.662. The molecule has 1 aromatic carbocycles. The van der Waals surface area contributed by atoms with Crippen molar-refractivity contribution in [3.05, 3.63) is 29.8 Å². The van der Waals surface area contributed by atoms with Gasteiger partial charge in [-0.3, -0.25) is 0 Å². The lowest BCUT2D eigenvalue weighted by Crippen LogP contribution is -2.10. The molecule has 1 N–H and O–H groups in total. The Morgan fingerprint density at radius 1 is 1.31 bits per heavy atom. The van der Waals surface area contributed by atoms with E-state index in [2.05, 4.69) is 43.4 Å². The Kier molecular flexibility index (Phi) is 4.30. The molecule has 0 radical (unpaired) electrons. The lowest BCUT2D eigenvalue weighted by Gasteiger charge is -2.09. The van der Waals surface area contributed by atoms with Crippen LogP contribution in [-0.2, 0) is 0 Å². The Morgan fingerprint density at radius 3 is 2.62 bits per heavy atom. The Labute approximate surface area is 103 Å². The standard InChI is InChI=1S/C14H21NS/c1-11(2)13-3-5-14(6-4-13)16-10-12-7-8-15-9-12/h3-6,11-12,15H,7-10H2,1-2H3. The SMILES string of the molecule is CC(C)c1ccc(SCC2CCNC2)cc1. The fraction of sp³-hybridized carbons (Fsp3) is 0.571. The number of hydrogen-bond acceptors (Lipinski definition) is 2. The highest BCUT2D eigenvalue weighted by atomic mass is 32.2.